The highest BCUT2D eigenvalue weighted by molar-refractivity contribution is 4.79. The Bertz CT molecular complexity index is 163. The molecule has 0 bridgehead atoms. The predicted molar refractivity (Wildman–Crippen MR) is 52.2 cm³/mol. The number of hydrogen-bond acceptors (Lipinski definition) is 1. The fraction of sp³-hybridized carbons (Fsp3) is 1.00. The highest BCUT2D eigenvalue weighted by Crippen LogP contribution is 2.29. The van der Waals surface area contributed by atoms with E-state index in [1.54, 1.807) is 13.8 Å². The zero-order valence-electron chi connectivity index (χ0n) is 9.52. The van der Waals surface area contributed by atoms with E-state index in [1.807, 2.05) is 13.8 Å². The quantitative estimate of drug-likeness (QED) is 0.689. The minimum atomic E-state index is -4.12. The summed E-state index contributed by atoms with van der Waals surface area (Å²) in [5.74, 6) is 0.0582. The van der Waals surface area contributed by atoms with Gasteiger partial charge in [0, 0.05) is 6.04 Å². The molecule has 0 aliphatic heterocycles. The number of halogens is 3. The van der Waals surface area contributed by atoms with Gasteiger partial charge in [0.2, 0.25) is 0 Å². The van der Waals surface area contributed by atoms with Crippen LogP contribution >= 0.6 is 0 Å². The van der Waals surface area contributed by atoms with Gasteiger partial charge in [-0.05, 0) is 33.2 Å². The molecular formula is C10H20F3N. The second-order valence-corrected chi connectivity index (χ2v) is 4.45. The Hall–Kier alpha value is -0.250. The van der Waals surface area contributed by atoms with Gasteiger partial charge in [0.05, 0.1) is 0 Å². The molecule has 0 rings (SSSR count). The second kappa shape index (κ2) is 5.01. The average molecular weight is 211 g/mol. The molecule has 0 radical (unpaired) electrons. The fourth-order valence-corrected chi connectivity index (χ4v) is 1.34. The third kappa shape index (κ3) is 4.31. The summed E-state index contributed by atoms with van der Waals surface area (Å²) in [5.41, 5.74) is 0. The molecule has 86 valence electrons. The van der Waals surface area contributed by atoms with Crippen LogP contribution in [0.5, 0.6) is 0 Å². The van der Waals surface area contributed by atoms with Crippen LogP contribution in [0, 0.1) is 5.92 Å². The minimum Gasteiger partial charge on any atom is -0.293 e. The molecule has 0 saturated heterocycles. The highest BCUT2D eigenvalue weighted by Gasteiger charge is 2.42. The summed E-state index contributed by atoms with van der Waals surface area (Å²) in [7, 11) is 1.53. The maximum absolute atomic E-state index is 12.6. The monoisotopic (exact) mass is 211 g/mol. The first-order valence-electron chi connectivity index (χ1n) is 4.95. The summed E-state index contributed by atoms with van der Waals surface area (Å²) in [5, 5.41) is 0. The molecule has 0 aliphatic rings. The Labute approximate surface area is 84.3 Å². The summed E-state index contributed by atoms with van der Waals surface area (Å²) in [6.45, 7) is 7.18. The Morgan fingerprint density at radius 1 is 1.07 bits per heavy atom. The van der Waals surface area contributed by atoms with Crippen molar-refractivity contribution in [2.45, 2.75) is 52.4 Å². The van der Waals surface area contributed by atoms with Crippen LogP contribution in [0.4, 0.5) is 13.2 Å². The molecular weight excluding hydrogens is 191 g/mol. The van der Waals surface area contributed by atoms with Crippen molar-refractivity contribution in [2.24, 2.45) is 5.92 Å². The Morgan fingerprint density at radius 3 is 1.71 bits per heavy atom. The average Bonchev–Trinajstić information content (AvgIpc) is 1.96. The largest absolute Gasteiger partial charge is 0.404 e. The molecule has 0 aromatic heterocycles. The minimum absolute atomic E-state index is 0.0582. The van der Waals surface area contributed by atoms with Crippen molar-refractivity contribution in [2.75, 3.05) is 7.05 Å². The van der Waals surface area contributed by atoms with Gasteiger partial charge in [0.1, 0.15) is 6.04 Å². The topological polar surface area (TPSA) is 3.24 Å². The lowest BCUT2D eigenvalue weighted by Gasteiger charge is -2.33. The normalized spacial score (nSPS) is 15.6. The van der Waals surface area contributed by atoms with Gasteiger partial charge in [-0.2, -0.15) is 13.2 Å². The molecule has 0 aromatic carbocycles. The number of rotatable bonds is 4. The standard InChI is InChI=1S/C10H20F3N/c1-7(2)6-9(10(11,12)13)14(5)8(3)4/h7-9H,6H2,1-5H3/t9-/m1/s1. The zero-order chi connectivity index (χ0) is 11.5. The molecule has 0 amide bonds. The molecule has 0 fully saturated rings. The third-order valence-electron chi connectivity index (χ3n) is 2.38. The van der Waals surface area contributed by atoms with Crippen LogP contribution in [0.25, 0.3) is 0 Å². The van der Waals surface area contributed by atoms with Gasteiger partial charge in [0.15, 0.2) is 0 Å². The Morgan fingerprint density at radius 2 is 1.50 bits per heavy atom. The van der Waals surface area contributed by atoms with E-state index in [-0.39, 0.29) is 18.4 Å². The van der Waals surface area contributed by atoms with Crippen molar-refractivity contribution in [3.8, 4) is 0 Å². The Balaban J connectivity index is 4.56. The summed E-state index contributed by atoms with van der Waals surface area (Å²) in [6.07, 6.45) is -3.96. The molecule has 0 aromatic rings. The zero-order valence-corrected chi connectivity index (χ0v) is 9.52. The van der Waals surface area contributed by atoms with Gasteiger partial charge in [-0.3, -0.25) is 4.90 Å². The summed E-state index contributed by atoms with van der Waals surface area (Å²) in [6, 6.07) is -1.40. The summed E-state index contributed by atoms with van der Waals surface area (Å²) in [4.78, 5) is 1.39. The lowest BCUT2D eigenvalue weighted by Crippen LogP contribution is -2.47. The van der Waals surface area contributed by atoms with Crippen LogP contribution in [-0.2, 0) is 0 Å². The molecule has 0 unspecified atom stereocenters. The van der Waals surface area contributed by atoms with E-state index in [1.165, 1.54) is 11.9 Å². The first-order valence-corrected chi connectivity index (χ1v) is 4.95. The van der Waals surface area contributed by atoms with Crippen molar-refractivity contribution in [1.29, 1.82) is 0 Å². The van der Waals surface area contributed by atoms with Crippen molar-refractivity contribution >= 4 is 0 Å². The van der Waals surface area contributed by atoms with E-state index < -0.39 is 12.2 Å². The van der Waals surface area contributed by atoms with Crippen molar-refractivity contribution < 1.29 is 13.2 Å². The van der Waals surface area contributed by atoms with Gasteiger partial charge in [-0.25, -0.2) is 0 Å². The maximum Gasteiger partial charge on any atom is 0.404 e. The lowest BCUT2D eigenvalue weighted by atomic mass is 10.0. The first kappa shape index (κ1) is 13.8. The van der Waals surface area contributed by atoms with Gasteiger partial charge in [0.25, 0.3) is 0 Å². The molecule has 0 saturated carbocycles. The molecule has 0 heterocycles. The number of hydrogen-bond donors (Lipinski definition) is 0. The van der Waals surface area contributed by atoms with Crippen molar-refractivity contribution in [3.63, 3.8) is 0 Å². The summed E-state index contributed by atoms with van der Waals surface area (Å²) >= 11 is 0. The smallest absolute Gasteiger partial charge is 0.293 e. The van der Waals surface area contributed by atoms with Crippen LogP contribution in [-0.4, -0.2) is 30.2 Å². The lowest BCUT2D eigenvalue weighted by molar-refractivity contribution is -0.188. The van der Waals surface area contributed by atoms with Crippen LogP contribution in [0.1, 0.15) is 34.1 Å². The third-order valence-corrected chi connectivity index (χ3v) is 2.38. The van der Waals surface area contributed by atoms with E-state index in [2.05, 4.69) is 0 Å². The summed E-state index contributed by atoms with van der Waals surface area (Å²) < 4.78 is 37.9. The highest BCUT2D eigenvalue weighted by atomic mass is 19.4. The predicted octanol–water partition coefficient (Wildman–Crippen LogP) is 3.30. The van der Waals surface area contributed by atoms with E-state index in [0.717, 1.165) is 0 Å². The van der Waals surface area contributed by atoms with Crippen molar-refractivity contribution in [1.82, 2.24) is 4.90 Å². The molecule has 0 N–H and O–H groups in total. The van der Waals surface area contributed by atoms with E-state index in [9.17, 15) is 13.2 Å². The van der Waals surface area contributed by atoms with E-state index in [0.29, 0.717) is 0 Å². The van der Waals surface area contributed by atoms with Crippen LogP contribution in [0.3, 0.4) is 0 Å². The van der Waals surface area contributed by atoms with Crippen molar-refractivity contribution in [3.05, 3.63) is 0 Å². The molecule has 0 aliphatic carbocycles. The van der Waals surface area contributed by atoms with Crippen LogP contribution in [0.15, 0.2) is 0 Å². The van der Waals surface area contributed by atoms with Gasteiger partial charge in [-0.1, -0.05) is 13.8 Å². The molecule has 1 atom stereocenters. The fourth-order valence-electron chi connectivity index (χ4n) is 1.34. The maximum atomic E-state index is 12.6. The Kier molecular flexibility index (Phi) is 4.92. The SMILES string of the molecule is CC(C)C[C@@H](N(C)C(C)C)C(F)(F)F. The van der Waals surface area contributed by atoms with Gasteiger partial charge in [-0.15, -0.1) is 0 Å². The van der Waals surface area contributed by atoms with Crippen LogP contribution < -0.4 is 0 Å². The van der Waals surface area contributed by atoms with Gasteiger partial charge < -0.3 is 0 Å². The molecule has 14 heavy (non-hydrogen) atoms. The molecule has 4 heteroatoms. The first-order chi connectivity index (χ1) is 6.16. The van der Waals surface area contributed by atoms with E-state index >= 15 is 0 Å². The molecule has 1 nitrogen and oxygen atoms in total. The second-order valence-electron chi connectivity index (χ2n) is 4.45. The van der Waals surface area contributed by atoms with Crippen LogP contribution in [0.2, 0.25) is 0 Å². The number of alkyl halides is 3. The van der Waals surface area contributed by atoms with E-state index in [4.69, 9.17) is 0 Å². The van der Waals surface area contributed by atoms with Gasteiger partial charge >= 0.3 is 6.18 Å². The molecule has 0 spiro atoms. The number of nitrogens with zero attached hydrogens (tertiary/aromatic N) is 1.